The van der Waals surface area contributed by atoms with Crippen LogP contribution in [0, 0.1) is 5.92 Å². The molecule has 1 unspecified atom stereocenters. The lowest BCUT2D eigenvalue weighted by Crippen LogP contribution is -2.66. The second kappa shape index (κ2) is 6.19. The molecule has 0 bridgehead atoms. The highest BCUT2D eigenvalue weighted by molar-refractivity contribution is 4.98. The van der Waals surface area contributed by atoms with Crippen molar-refractivity contribution in [1.29, 1.82) is 0 Å². The Morgan fingerprint density at radius 2 is 1.76 bits per heavy atom. The van der Waals surface area contributed by atoms with Gasteiger partial charge in [0.15, 0.2) is 0 Å². The lowest BCUT2D eigenvalue weighted by Gasteiger charge is -2.52. The molecule has 1 rings (SSSR count). The van der Waals surface area contributed by atoms with Crippen molar-refractivity contribution in [3.05, 3.63) is 0 Å². The second-order valence-corrected chi connectivity index (χ2v) is 6.38. The SMILES string of the molecule is CCC1(CC)CNC(CC(C)C)CN1C(C)C. The molecule has 0 saturated carbocycles. The number of rotatable bonds is 5. The second-order valence-electron chi connectivity index (χ2n) is 6.38. The van der Waals surface area contributed by atoms with E-state index in [0.717, 1.165) is 12.5 Å². The monoisotopic (exact) mass is 240 g/mol. The molecule has 0 aromatic heterocycles. The van der Waals surface area contributed by atoms with Gasteiger partial charge in [-0.1, -0.05) is 27.7 Å². The quantitative estimate of drug-likeness (QED) is 0.793. The minimum atomic E-state index is 0.391. The van der Waals surface area contributed by atoms with Gasteiger partial charge in [0.2, 0.25) is 0 Å². The predicted molar refractivity (Wildman–Crippen MR) is 76.4 cm³/mol. The lowest BCUT2D eigenvalue weighted by atomic mass is 9.85. The number of piperazine rings is 1. The molecule has 0 amide bonds. The first kappa shape index (κ1) is 15.0. The summed E-state index contributed by atoms with van der Waals surface area (Å²) in [5, 5.41) is 3.79. The molecule has 1 saturated heterocycles. The molecular formula is C15H32N2. The predicted octanol–water partition coefficient (Wildman–Crippen LogP) is 3.27. The molecule has 0 spiro atoms. The van der Waals surface area contributed by atoms with Gasteiger partial charge in [-0.25, -0.2) is 0 Å². The zero-order valence-corrected chi connectivity index (χ0v) is 12.7. The van der Waals surface area contributed by atoms with Crippen LogP contribution in [0.4, 0.5) is 0 Å². The van der Waals surface area contributed by atoms with Crippen molar-refractivity contribution in [2.75, 3.05) is 13.1 Å². The first-order valence-corrected chi connectivity index (χ1v) is 7.45. The van der Waals surface area contributed by atoms with E-state index in [4.69, 9.17) is 0 Å². The maximum atomic E-state index is 3.79. The van der Waals surface area contributed by atoms with Crippen LogP contribution in [0.25, 0.3) is 0 Å². The van der Waals surface area contributed by atoms with Gasteiger partial charge >= 0.3 is 0 Å². The highest BCUT2D eigenvalue weighted by atomic mass is 15.3. The minimum Gasteiger partial charge on any atom is -0.311 e. The summed E-state index contributed by atoms with van der Waals surface area (Å²) < 4.78 is 0. The Kier molecular flexibility index (Phi) is 5.46. The fraction of sp³-hybridized carbons (Fsp3) is 1.00. The smallest absolute Gasteiger partial charge is 0.0332 e. The van der Waals surface area contributed by atoms with Crippen molar-refractivity contribution >= 4 is 0 Å². The lowest BCUT2D eigenvalue weighted by molar-refractivity contribution is 0.00300. The highest BCUT2D eigenvalue weighted by Crippen LogP contribution is 2.30. The topological polar surface area (TPSA) is 15.3 Å². The van der Waals surface area contributed by atoms with Crippen LogP contribution >= 0.6 is 0 Å². The molecule has 1 aliphatic rings. The average Bonchev–Trinajstić information content (AvgIpc) is 2.28. The van der Waals surface area contributed by atoms with E-state index in [1.807, 2.05) is 0 Å². The van der Waals surface area contributed by atoms with Crippen LogP contribution in [0.2, 0.25) is 0 Å². The Bertz CT molecular complexity index is 219. The normalized spacial score (nSPS) is 25.8. The molecule has 0 radical (unpaired) electrons. The number of hydrogen-bond donors (Lipinski definition) is 1. The molecule has 1 atom stereocenters. The maximum Gasteiger partial charge on any atom is 0.0332 e. The Morgan fingerprint density at radius 1 is 1.18 bits per heavy atom. The van der Waals surface area contributed by atoms with Crippen LogP contribution in [0.1, 0.15) is 60.8 Å². The summed E-state index contributed by atoms with van der Waals surface area (Å²) >= 11 is 0. The largest absolute Gasteiger partial charge is 0.311 e. The molecule has 0 aliphatic carbocycles. The van der Waals surface area contributed by atoms with Crippen LogP contribution in [-0.4, -0.2) is 35.6 Å². The summed E-state index contributed by atoms with van der Waals surface area (Å²) in [7, 11) is 0. The van der Waals surface area contributed by atoms with Crippen LogP contribution in [0.5, 0.6) is 0 Å². The highest BCUT2D eigenvalue weighted by Gasteiger charge is 2.39. The van der Waals surface area contributed by atoms with Crippen molar-refractivity contribution in [1.82, 2.24) is 10.2 Å². The summed E-state index contributed by atoms with van der Waals surface area (Å²) in [6.07, 6.45) is 3.80. The molecule has 1 fully saturated rings. The van der Waals surface area contributed by atoms with E-state index < -0.39 is 0 Å². The van der Waals surface area contributed by atoms with Crippen LogP contribution in [-0.2, 0) is 0 Å². The van der Waals surface area contributed by atoms with E-state index in [-0.39, 0.29) is 0 Å². The van der Waals surface area contributed by atoms with Crippen molar-refractivity contribution in [3.8, 4) is 0 Å². The number of nitrogens with zero attached hydrogens (tertiary/aromatic N) is 1. The van der Waals surface area contributed by atoms with Crippen molar-refractivity contribution in [2.45, 2.75) is 78.4 Å². The Hall–Kier alpha value is -0.0800. The molecule has 1 N–H and O–H groups in total. The Labute approximate surface area is 108 Å². The fourth-order valence-corrected chi connectivity index (χ4v) is 3.32. The number of nitrogens with one attached hydrogen (secondary N) is 1. The van der Waals surface area contributed by atoms with Crippen LogP contribution in [0.3, 0.4) is 0 Å². The van der Waals surface area contributed by atoms with E-state index in [2.05, 4.69) is 51.8 Å². The van der Waals surface area contributed by atoms with Gasteiger partial charge in [0.05, 0.1) is 0 Å². The molecule has 2 nitrogen and oxygen atoms in total. The third-order valence-corrected chi connectivity index (χ3v) is 4.44. The molecule has 1 aliphatic heterocycles. The first-order valence-electron chi connectivity index (χ1n) is 7.45. The molecule has 2 heteroatoms. The third kappa shape index (κ3) is 3.45. The molecular weight excluding hydrogens is 208 g/mol. The zero-order valence-electron chi connectivity index (χ0n) is 12.7. The van der Waals surface area contributed by atoms with Gasteiger partial charge in [0.1, 0.15) is 0 Å². The average molecular weight is 240 g/mol. The standard InChI is InChI=1S/C15H32N2/c1-7-15(8-2)11-16-14(9-12(3)4)10-17(15)13(5)6/h12-14,16H,7-11H2,1-6H3. The van der Waals surface area contributed by atoms with Crippen molar-refractivity contribution < 1.29 is 0 Å². The third-order valence-electron chi connectivity index (χ3n) is 4.44. The van der Waals surface area contributed by atoms with E-state index in [1.165, 1.54) is 25.8 Å². The summed E-state index contributed by atoms with van der Waals surface area (Å²) in [6.45, 7) is 16.4. The fourth-order valence-electron chi connectivity index (χ4n) is 3.32. The summed E-state index contributed by atoms with van der Waals surface area (Å²) in [5.74, 6) is 0.789. The van der Waals surface area contributed by atoms with Gasteiger partial charge in [0.25, 0.3) is 0 Å². The zero-order chi connectivity index (χ0) is 13.1. The van der Waals surface area contributed by atoms with Gasteiger partial charge in [-0.2, -0.15) is 0 Å². The van der Waals surface area contributed by atoms with E-state index >= 15 is 0 Å². The van der Waals surface area contributed by atoms with Crippen molar-refractivity contribution in [2.24, 2.45) is 5.92 Å². The Balaban J connectivity index is 2.74. The van der Waals surface area contributed by atoms with E-state index in [9.17, 15) is 0 Å². The number of hydrogen-bond acceptors (Lipinski definition) is 2. The molecule has 1 heterocycles. The molecule has 102 valence electrons. The summed E-state index contributed by atoms with van der Waals surface area (Å²) in [4.78, 5) is 2.75. The van der Waals surface area contributed by atoms with Gasteiger partial charge < -0.3 is 5.32 Å². The summed E-state index contributed by atoms with van der Waals surface area (Å²) in [6, 6.07) is 1.34. The van der Waals surface area contributed by atoms with E-state index in [0.29, 0.717) is 17.6 Å². The minimum absolute atomic E-state index is 0.391. The van der Waals surface area contributed by atoms with Crippen LogP contribution < -0.4 is 5.32 Å². The van der Waals surface area contributed by atoms with Crippen LogP contribution in [0.15, 0.2) is 0 Å². The summed E-state index contributed by atoms with van der Waals surface area (Å²) in [5.41, 5.74) is 0.391. The molecule has 0 aromatic carbocycles. The van der Waals surface area contributed by atoms with Gasteiger partial charge in [-0.05, 0) is 39.0 Å². The van der Waals surface area contributed by atoms with Gasteiger partial charge in [0, 0.05) is 30.7 Å². The van der Waals surface area contributed by atoms with Gasteiger partial charge in [-0.15, -0.1) is 0 Å². The maximum absolute atomic E-state index is 3.79. The Morgan fingerprint density at radius 3 is 2.18 bits per heavy atom. The molecule has 17 heavy (non-hydrogen) atoms. The van der Waals surface area contributed by atoms with E-state index in [1.54, 1.807) is 0 Å². The molecule has 0 aromatic rings. The van der Waals surface area contributed by atoms with Gasteiger partial charge in [-0.3, -0.25) is 4.90 Å². The van der Waals surface area contributed by atoms with Crippen molar-refractivity contribution in [3.63, 3.8) is 0 Å². The first-order chi connectivity index (χ1) is 7.95.